The van der Waals surface area contributed by atoms with Gasteiger partial charge in [-0.05, 0) is 30.5 Å². The van der Waals surface area contributed by atoms with Gasteiger partial charge in [-0.15, -0.1) is 0 Å². The van der Waals surface area contributed by atoms with E-state index in [-0.39, 0.29) is 40.2 Å². The SMILES string of the molecule is CCCCCc1ccc(S(=O)(=O)[O-])cc1O.[Na+]. The summed E-state index contributed by atoms with van der Waals surface area (Å²) in [6, 6.07) is 3.75. The van der Waals surface area contributed by atoms with Gasteiger partial charge in [0.1, 0.15) is 15.9 Å². The van der Waals surface area contributed by atoms with Crippen molar-refractivity contribution in [1.29, 1.82) is 0 Å². The first-order valence-electron chi connectivity index (χ1n) is 5.23. The van der Waals surface area contributed by atoms with E-state index in [4.69, 9.17) is 0 Å². The second-order valence-corrected chi connectivity index (χ2v) is 5.08. The van der Waals surface area contributed by atoms with Crippen LogP contribution in [-0.2, 0) is 16.5 Å². The smallest absolute Gasteiger partial charge is 0.744 e. The molecule has 0 spiro atoms. The van der Waals surface area contributed by atoms with Crippen LogP contribution in [0.1, 0.15) is 31.7 Å². The number of rotatable bonds is 5. The Kier molecular flexibility index (Phi) is 7.35. The van der Waals surface area contributed by atoms with Crippen molar-refractivity contribution in [2.75, 3.05) is 0 Å². The molecule has 0 heterocycles. The van der Waals surface area contributed by atoms with Crippen LogP contribution in [0, 0.1) is 0 Å². The van der Waals surface area contributed by atoms with Crippen molar-refractivity contribution in [2.24, 2.45) is 0 Å². The fourth-order valence-corrected chi connectivity index (χ4v) is 1.97. The van der Waals surface area contributed by atoms with E-state index in [9.17, 15) is 18.1 Å². The molecular formula is C11H15NaO4S. The molecule has 17 heavy (non-hydrogen) atoms. The maximum absolute atomic E-state index is 10.7. The largest absolute Gasteiger partial charge is 1.00 e. The van der Waals surface area contributed by atoms with Gasteiger partial charge in [0.2, 0.25) is 0 Å². The molecule has 1 aromatic carbocycles. The molecule has 0 saturated carbocycles. The minimum Gasteiger partial charge on any atom is -0.744 e. The van der Waals surface area contributed by atoms with E-state index in [1.807, 2.05) is 0 Å². The first-order valence-corrected chi connectivity index (χ1v) is 6.63. The van der Waals surface area contributed by atoms with Gasteiger partial charge in [-0.1, -0.05) is 25.8 Å². The minimum atomic E-state index is -4.48. The summed E-state index contributed by atoms with van der Waals surface area (Å²) in [7, 11) is -4.48. The first-order chi connectivity index (χ1) is 7.45. The average molecular weight is 266 g/mol. The van der Waals surface area contributed by atoms with Gasteiger partial charge in [-0.25, -0.2) is 8.42 Å². The maximum atomic E-state index is 10.7. The van der Waals surface area contributed by atoms with Crippen molar-refractivity contribution in [3.63, 3.8) is 0 Å². The summed E-state index contributed by atoms with van der Waals surface area (Å²) in [5, 5.41) is 9.55. The maximum Gasteiger partial charge on any atom is 1.00 e. The van der Waals surface area contributed by atoms with Gasteiger partial charge in [0.05, 0.1) is 4.90 Å². The summed E-state index contributed by atoms with van der Waals surface area (Å²) in [5.74, 6) is -0.118. The summed E-state index contributed by atoms with van der Waals surface area (Å²) in [4.78, 5) is -0.385. The Morgan fingerprint density at radius 1 is 1.29 bits per heavy atom. The predicted octanol–water partition coefficient (Wildman–Crippen LogP) is -0.967. The summed E-state index contributed by atoms with van der Waals surface area (Å²) in [6.45, 7) is 2.08. The van der Waals surface area contributed by atoms with E-state index < -0.39 is 10.1 Å². The van der Waals surface area contributed by atoms with Crippen molar-refractivity contribution >= 4 is 10.1 Å². The van der Waals surface area contributed by atoms with Crippen molar-refractivity contribution in [2.45, 2.75) is 37.5 Å². The summed E-state index contributed by atoms with van der Waals surface area (Å²) >= 11 is 0. The van der Waals surface area contributed by atoms with Gasteiger partial charge in [-0.3, -0.25) is 0 Å². The summed E-state index contributed by atoms with van der Waals surface area (Å²) in [6.07, 6.45) is 3.77. The summed E-state index contributed by atoms with van der Waals surface area (Å²) in [5.41, 5.74) is 0.681. The Morgan fingerprint density at radius 2 is 1.94 bits per heavy atom. The third-order valence-corrected chi connectivity index (χ3v) is 3.23. The number of phenolic OH excluding ortho intramolecular Hbond substituents is 1. The first kappa shape index (κ1) is 16.9. The molecule has 0 aliphatic rings. The molecule has 0 amide bonds. The van der Waals surface area contributed by atoms with Crippen molar-refractivity contribution in [3.05, 3.63) is 23.8 Å². The zero-order chi connectivity index (χ0) is 12.2. The third kappa shape index (κ3) is 5.40. The fraction of sp³-hybridized carbons (Fsp3) is 0.455. The van der Waals surface area contributed by atoms with Gasteiger partial charge in [0.25, 0.3) is 0 Å². The molecule has 0 bridgehead atoms. The number of hydrogen-bond acceptors (Lipinski definition) is 4. The number of aryl methyl sites for hydroxylation is 1. The Balaban J connectivity index is 0.00000256. The Bertz CT molecular complexity index is 457. The zero-order valence-corrected chi connectivity index (χ0v) is 13.0. The van der Waals surface area contributed by atoms with E-state index in [2.05, 4.69) is 6.92 Å². The van der Waals surface area contributed by atoms with Crippen molar-refractivity contribution in [1.82, 2.24) is 0 Å². The molecule has 1 rings (SSSR count). The molecule has 0 radical (unpaired) electrons. The summed E-state index contributed by atoms with van der Waals surface area (Å²) < 4.78 is 32.1. The van der Waals surface area contributed by atoms with E-state index >= 15 is 0 Å². The molecule has 0 aromatic heterocycles. The second-order valence-electron chi connectivity index (χ2n) is 3.70. The number of benzene rings is 1. The molecule has 0 aliphatic carbocycles. The molecule has 0 fully saturated rings. The van der Waals surface area contributed by atoms with Crippen LogP contribution in [0.15, 0.2) is 23.1 Å². The molecule has 4 nitrogen and oxygen atoms in total. The van der Waals surface area contributed by atoms with Crippen LogP contribution in [0.25, 0.3) is 0 Å². The molecule has 0 saturated heterocycles. The monoisotopic (exact) mass is 266 g/mol. The molecule has 90 valence electrons. The van der Waals surface area contributed by atoms with Gasteiger partial charge in [0, 0.05) is 0 Å². The topological polar surface area (TPSA) is 77.4 Å². The fourth-order valence-electron chi connectivity index (χ4n) is 1.48. The van der Waals surface area contributed by atoms with Gasteiger partial charge < -0.3 is 9.66 Å². The Morgan fingerprint density at radius 3 is 2.41 bits per heavy atom. The number of hydrogen-bond donors (Lipinski definition) is 1. The van der Waals surface area contributed by atoms with E-state index in [0.717, 1.165) is 25.3 Å². The standard InChI is InChI=1S/C11H16O4S.Na/c1-2-3-4-5-9-6-7-10(8-11(9)12)16(13,14)15;/h6-8,12H,2-5H2,1H3,(H,13,14,15);/q;+1/p-1. The van der Waals surface area contributed by atoms with E-state index in [0.29, 0.717) is 12.0 Å². The molecule has 6 heteroatoms. The van der Waals surface area contributed by atoms with Crippen molar-refractivity contribution in [3.8, 4) is 5.75 Å². The zero-order valence-electron chi connectivity index (χ0n) is 10.1. The van der Waals surface area contributed by atoms with Crippen LogP contribution in [0.4, 0.5) is 0 Å². The van der Waals surface area contributed by atoms with Crippen LogP contribution >= 0.6 is 0 Å². The Labute approximate surface area is 124 Å². The molecule has 1 N–H and O–H groups in total. The quantitative estimate of drug-likeness (QED) is 0.423. The van der Waals surface area contributed by atoms with E-state index in [1.165, 1.54) is 12.1 Å². The molecule has 0 atom stereocenters. The van der Waals surface area contributed by atoms with Crippen LogP contribution in [-0.4, -0.2) is 18.1 Å². The number of aromatic hydroxyl groups is 1. The van der Waals surface area contributed by atoms with Gasteiger partial charge in [-0.2, -0.15) is 0 Å². The molecule has 0 aliphatic heterocycles. The van der Waals surface area contributed by atoms with Crippen LogP contribution in [0.3, 0.4) is 0 Å². The molecule has 1 aromatic rings. The average Bonchev–Trinajstić information content (AvgIpc) is 2.19. The Hall–Kier alpha value is -0.0700. The minimum absolute atomic E-state index is 0. The number of unbranched alkanes of at least 4 members (excludes halogenated alkanes) is 2. The number of phenols is 1. The van der Waals surface area contributed by atoms with E-state index in [1.54, 1.807) is 0 Å². The van der Waals surface area contributed by atoms with Crippen LogP contribution in [0.2, 0.25) is 0 Å². The second kappa shape index (κ2) is 7.38. The third-order valence-electron chi connectivity index (χ3n) is 2.40. The molecule has 0 unspecified atom stereocenters. The predicted molar refractivity (Wildman–Crippen MR) is 59.3 cm³/mol. The van der Waals surface area contributed by atoms with Crippen molar-refractivity contribution < 1.29 is 47.6 Å². The van der Waals surface area contributed by atoms with Gasteiger partial charge >= 0.3 is 29.6 Å². The normalized spacial score (nSPS) is 10.9. The van der Waals surface area contributed by atoms with Crippen LogP contribution < -0.4 is 29.6 Å². The van der Waals surface area contributed by atoms with Crippen LogP contribution in [0.5, 0.6) is 5.75 Å². The molecular weight excluding hydrogens is 251 g/mol. The van der Waals surface area contributed by atoms with Gasteiger partial charge in [0.15, 0.2) is 0 Å².